The zero-order valence-corrected chi connectivity index (χ0v) is 14.6. The third kappa shape index (κ3) is 3.22. The van der Waals surface area contributed by atoms with E-state index < -0.39 is 5.97 Å². The highest BCUT2D eigenvalue weighted by molar-refractivity contribution is 6.02. The van der Waals surface area contributed by atoms with Crippen LogP contribution in [0.3, 0.4) is 0 Å². The van der Waals surface area contributed by atoms with Gasteiger partial charge in [0.25, 0.3) is 5.56 Å². The van der Waals surface area contributed by atoms with Crippen LogP contribution in [0.5, 0.6) is 5.75 Å². The van der Waals surface area contributed by atoms with Crippen molar-refractivity contribution in [2.75, 3.05) is 0 Å². The van der Waals surface area contributed by atoms with E-state index in [4.69, 9.17) is 4.74 Å². The van der Waals surface area contributed by atoms with Crippen molar-refractivity contribution in [3.8, 4) is 16.9 Å². The molecule has 4 rings (SSSR count). The summed E-state index contributed by atoms with van der Waals surface area (Å²) in [6, 6.07) is 24.1. The van der Waals surface area contributed by atoms with E-state index in [0.717, 1.165) is 15.8 Å². The molecule has 0 aliphatic carbocycles. The lowest BCUT2D eigenvalue weighted by Gasteiger charge is -2.09. The number of aromatic nitrogens is 2. The average Bonchev–Trinajstić information content (AvgIpc) is 2.72. The van der Waals surface area contributed by atoms with Gasteiger partial charge in [-0.3, -0.25) is 4.79 Å². The molecule has 132 valence electrons. The molecule has 0 atom stereocenters. The lowest BCUT2D eigenvalue weighted by Crippen LogP contribution is -2.24. The number of carbonyl (C=O) groups excluding carboxylic acids is 1. The summed E-state index contributed by atoms with van der Waals surface area (Å²) in [5, 5.41) is 5.00. The highest BCUT2D eigenvalue weighted by Gasteiger charge is 2.17. The molecule has 3 aromatic carbocycles. The van der Waals surface area contributed by atoms with Gasteiger partial charge in [0.05, 0.1) is 5.39 Å². The van der Waals surface area contributed by atoms with Crippen LogP contribution < -0.4 is 10.3 Å². The summed E-state index contributed by atoms with van der Waals surface area (Å²) in [5.74, 6) is -0.186. The first kappa shape index (κ1) is 16.7. The van der Waals surface area contributed by atoms with Crippen LogP contribution in [-0.4, -0.2) is 15.7 Å². The second-order valence-corrected chi connectivity index (χ2v) is 6.10. The molecule has 4 aromatic rings. The van der Waals surface area contributed by atoms with Gasteiger partial charge in [-0.15, -0.1) is 0 Å². The van der Waals surface area contributed by atoms with Crippen LogP contribution in [-0.2, 0) is 7.05 Å². The summed E-state index contributed by atoms with van der Waals surface area (Å²) >= 11 is 0. The van der Waals surface area contributed by atoms with Gasteiger partial charge >= 0.3 is 5.97 Å². The van der Waals surface area contributed by atoms with Crippen LogP contribution >= 0.6 is 0 Å². The number of rotatable bonds is 3. The zero-order chi connectivity index (χ0) is 18.8. The molecule has 0 radical (unpaired) electrons. The van der Waals surface area contributed by atoms with E-state index in [9.17, 15) is 9.59 Å². The summed E-state index contributed by atoms with van der Waals surface area (Å²) in [5.41, 5.74) is 1.97. The Kier molecular flexibility index (Phi) is 4.26. The molecule has 0 bridgehead atoms. The maximum atomic E-state index is 12.6. The molecule has 0 N–H and O–H groups in total. The number of carbonyl (C=O) groups is 1. The minimum atomic E-state index is -0.603. The predicted octanol–water partition coefficient (Wildman–Crippen LogP) is 3.82. The van der Waals surface area contributed by atoms with Crippen molar-refractivity contribution in [1.82, 2.24) is 9.78 Å². The normalized spacial score (nSPS) is 10.7. The van der Waals surface area contributed by atoms with Gasteiger partial charge in [0.1, 0.15) is 5.75 Å². The number of ether oxygens (including phenoxy) is 1. The lowest BCUT2D eigenvalue weighted by atomic mass is 10.1. The summed E-state index contributed by atoms with van der Waals surface area (Å²) < 4.78 is 6.63. The number of nitrogens with zero attached hydrogens (tertiary/aromatic N) is 2. The van der Waals surface area contributed by atoms with Crippen molar-refractivity contribution in [3.63, 3.8) is 0 Å². The molecule has 0 saturated heterocycles. The summed E-state index contributed by atoms with van der Waals surface area (Å²) in [6.45, 7) is 0. The predicted molar refractivity (Wildman–Crippen MR) is 104 cm³/mol. The molecular weight excluding hydrogens is 340 g/mol. The van der Waals surface area contributed by atoms with Crippen molar-refractivity contribution in [2.24, 2.45) is 7.05 Å². The topological polar surface area (TPSA) is 61.2 Å². The molecule has 5 nitrogen and oxygen atoms in total. The van der Waals surface area contributed by atoms with Crippen molar-refractivity contribution in [2.45, 2.75) is 0 Å². The summed E-state index contributed by atoms with van der Waals surface area (Å²) in [6.07, 6.45) is 0. The van der Waals surface area contributed by atoms with Gasteiger partial charge in [0.2, 0.25) is 0 Å². The van der Waals surface area contributed by atoms with E-state index in [1.165, 1.54) is 7.05 Å². The lowest BCUT2D eigenvalue weighted by molar-refractivity contribution is 0.0728. The zero-order valence-electron chi connectivity index (χ0n) is 14.6. The Bertz CT molecular complexity index is 1180. The molecule has 27 heavy (non-hydrogen) atoms. The number of aryl methyl sites for hydroxylation is 1. The number of esters is 1. The fraction of sp³-hybridized carbons (Fsp3) is 0.0455. The number of fused-ring (bicyclic) bond motifs is 1. The van der Waals surface area contributed by atoms with Gasteiger partial charge in [0, 0.05) is 12.4 Å². The first-order valence-electron chi connectivity index (χ1n) is 8.47. The molecule has 0 spiro atoms. The maximum absolute atomic E-state index is 12.6. The molecule has 1 aromatic heterocycles. The van der Waals surface area contributed by atoms with Crippen LogP contribution in [0.2, 0.25) is 0 Å². The minimum Gasteiger partial charge on any atom is -0.422 e. The van der Waals surface area contributed by atoms with Crippen molar-refractivity contribution < 1.29 is 9.53 Å². The monoisotopic (exact) mass is 356 g/mol. The van der Waals surface area contributed by atoms with E-state index >= 15 is 0 Å². The van der Waals surface area contributed by atoms with Crippen molar-refractivity contribution in [3.05, 3.63) is 94.9 Å². The smallest absolute Gasteiger partial charge is 0.364 e. The Morgan fingerprint density at radius 1 is 0.815 bits per heavy atom. The molecule has 0 amide bonds. The van der Waals surface area contributed by atoms with Gasteiger partial charge in [-0.05, 0) is 29.3 Å². The van der Waals surface area contributed by atoms with Gasteiger partial charge in [-0.1, -0.05) is 60.7 Å². The van der Waals surface area contributed by atoms with E-state index in [1.54, 1.807) is 36.4 Å². The summed E-state index contributed by atoms with van der Waals surface area (Å²) in [4.78, 5) is 24.8. The molecule has 0 saturated carbocycles. The molecule has 0 fully saturated rings. The van der Waals surface area contributed by atoms with Crippen LogP contribution in [0.15, 0.2) is 83.7 Å². The van der Waals surface area contributed by atoms with Crippen LogP contribution in [0.25, 0.3) is 21.9 Å². The van der Waals surface area contributed by atoms with E-state index in [-0.39, 0.29) is 11.3 Å². The first-order valence-corrected chi connectivity index (χ1v) is 8.47. The quantitative estimate of drug-likeness (QED) is 0.414. The Balaban J connectivity index is 1.64. The van der Waals surface area contributed by atoms with Gasteiger partial charge in [-0.2, -0.15) is 5.10 Å². The Labute approximate surface area is 155 Å². The Morgan fingerprint density at radius 2 is 1.41 bits per heavy atom. The second-order valence-electron chi connectivity index (χ2n) is 6.10. The highest BCUT2D eigenvalue weighted by Crippen LogP contribution is 2.23. The molecule has 5 heteroatoms. The molecule has 0 aliphatic heterocycles. The standard InChI is InChI=1S/C22H16N2O3/c1-24-21(25)19-10-6-5-9-18(19)20(23-24)22(26)27-17-13-11-16(12-14-17)15-7-3-2-4-8-15/h2-14H,1H3. The Hall–Kier alpha value is -3.73. The first-order chi connectivity index (χ1) is 13.1. The van der Waals surface area contributed by atoms with Crippen LogP contribution in [0.4, 0.5) is 0 Å². The SMILES string of the molecule is Cn1nc(C(=O)Oc2ccc(-c3ccccc3)cc2)c2ccccc2c1=O. The van der Waals surface area contributed by atoms with Crippen molar-refractivity contribution in [1.29, 1.82) is 0 Å². The Morgan fingerprint density at radius 3 is 2.11 bits per heavy atom. The maximum Gasteiger partial charge on any atom is 0.364 e. The van der Waals surface area contributed by atoms with E-state index in [2.05, 4.69) is 5.10 Å². The number of hydrogen-bond acceptors (Lipinski definition) is 4. The van der Waals surface area contributed by atoms with Gasteiger partial charge in [-0.25, -0.2) is 9.48 Å². The summed E-state index contributed by atoms with van der Waals surface area (Å²) in [7, 11) is 1.51. The average molecular weight is 356 g/mol. The van der Waals surface area contributed by atoms with Crippen LogP contribution in [0.1, 0.15) is 10.5 Å². The second kappa shape index (κ2) is 6.88. The molecule has 0 aliphatic rings. The van der Waals surface area contributed by atoms with Crippen molar-refractivity contribution >= 4 is 16.7 Å². The largest absolute Gasteiger partial charge is 0.422 e. The van der Waals surface area contributed by atoms with Gasteiger partial charge < -0.3 is 4.74 Å². The minimum absolute atomic E-state index is 0.111. The van der Waals surface area contributed by atoms with E-state index in [1.807, 2.05) is 42.5 Å². The van der Waals surface area contributed by atoms with Crippen LogP contribution in [0, 0.1) is 0 Å². The fourth-order valence-corrected chi connectivity index (χ4v) is 2.95. The molecule has 1 heterocycles. The third-order valence-electron chi connectivity index (χ3n) is 4.32. The van der Waals surface area contributed by atoms with Gasteiger partial charge in [0.15, 0.2) is 5.69 Å². The number of benzene rings is 3. The number of hydrogen-bond donors (Lipinski definition) is 0. The van der Waals surface area contributed by atoms with E-state index in [0.29, 0.717) is 16.5 Å². The fourth-order valence-electron chi connectivity index (χ4n) is 2.95. The molecule has 0 unspecified atom stereocenters. The molecular formula is C22H16N2O3. The third-order valence-corrected chi connectivity index (χ3v) is 4.32. The highest BCUT2D eigenvalue weighted by atomic mass is 16.5.